The van der Waals surface area contributed by atoms with Gasteiger partial charge in [-0.25, -0.2) is 4.79 Å². The highest BCUT2D eigenvalue weighted by Crippen LogP contribution is 2.37. The van der Waals surface area contributed by atoms with Crippen molar-refractivity contribution in [1.82, 2.24) is 0 Å². The first-order valence-electron chi connectivity index (χ1n) is 8.13. The van der Waals surface area contributed by atoms with E-state index in [1.807, 2.05) is 6.92 Å². The molecule has 1 aromatic carbocycles. The van der Waals surface area contributed by atoms with Gasteiger partial charge in [0.05, 0.1) is 0 Å². The third-order valence-electron chi connectivity index (χ3n) is 4.35. The SMILES string of the molecule is C/C=C/C(=O)O[C@H]1CC[C@H](c2ccccc2C(C)(C)N)CC1. The Kier molecular flexibility index (Phi) is 5.41. The minimum atomic E-state index is -0.328. The molecule has 0 amide bonds. The van der Waals surface area contributed by atoms with Crippen LogP contribution in [0.25, 0.3) is 0 Å². The van der Waals surface area contributed by atoms with E-state index in [2.05, 4.69) is 38.1 Å². The predicted octanol–water partition coefficient (Wildman–Crippen LogP) is 4.03. The number of benzene rings is 1. The lowest BCUT2D eigenvalue weighted by Gasteiger charge is -2.32. The van der Waals surface area contributed by atoms with Gasteiger partial charge < -0.3 is 10.5 Å². The minimum Gasteiger partial charge on any atom is -0.459 e. The molecule has 1 aliphatic rings. The highest BCUT2D eigenvalue weighted by atomic mass is 16.5. The fraction of sp³-hybridized carbons (Fsp3) is 0.526. The Morgan fingerprint density at radius 1 is 1.23 bits per heavy atom. The molecule has 0 atom stereocenters. The first-order valence-corrected chi connectivity index (χ1v) is 8.13. The molecular weight excluding hydrogens is 274 g/mol. The molecule has 0 unspecified atom stereocenters. The molecule has 1 saturated carbocycles. The number of hydrogen-bond acceptors (Lipinski definition) is 3. The van der Waals surface area contributed by atoms with E-state index in [1.54, 1.807) is 6.08 Å². The van der Waals surface area contributed by atoms with E-state index in [9.17, 15) is 4.79 Å². The molecule has 0 radical (unpaired) electrons. The Morgan fingerprint density at radius 2 is 1.86 bits per heavy atom. The highest BCUT2D eigenvalue weighted by Gasteiger charge is 2.28. The Hall–Kier alpha value is -1.61. The molecule has 2 N–H and O–H groups in total. The standard InChI is InChI=1S/C19H27NO2/c1-4-7-18(21)22-15-12-10-14(11-13-15)16-8-5-6-9-17(16)19(2,3)20/h4-9,14-15H,10-13,20H2,1-3H3/b7-4+/t14-,15-. The van der Waals surface area contributed by atoms with Crippen molar-refractivity contribution in [3.8, 4) is 0 Å². The summed E-state index contributed by atoms with van der Waals surface area (Å²) >= 11 is 0. The van der Waals surface area contributed by atoms with Gasteiger partial charge in [-0.2, -0.15) is 0 Å². The van der Waals surface area contributed by atoms with Crippen molar-refractivity contribution in [2.24, 2.45) is 5.73 Å². The van der Waals surface area contributed by atoms with Gasteiger partial charge in [0.2, 0.25) is 0 Å². The van der Waals surface area contributed by atoms with Crippen LogP contribution in [0.1, 0.15) is 63.5 Å². The number of rotatable bonds is 4. The fourth-order valence-electron chi connectivity index (χ4n) is 3.27. The van der Waals surface area contributed by atoms with E-state index in [0.717, 1.165) is 25.7 Å². The zero-order chi connectivity index (χ0) is 16.2. The topological polar surface area (TPSA) is 52.3 Å². The van der Waals surface area contributed by atoms with Gasteiger partial charge in [-0.05, 0) is 63.5 Å². The van der Waals surface area contributed by atoms with Crippen molar-refractivity contribution in [3.63, 3.8) is 0 Å². The summed E-state index contributed by atoms with van der Waals surface area (Å²) in [5.41, 5.74) is 8.57. The number of allylic oxidation sites excluding steroid dienone is 1. The fourth-order valence-corrected chi connectivity index (χ4v) is 3.27. The summed E-state index contributed by atoms with van der Waals surface area (Å²) in [6.07, 6.45) is 7.19. The lowest BCUT2D eigenvalue weighted by molar-refractivity contribution is -0.144. The molecule has 0 spiro atoms. The van der Waals surface area contributed by atoms with Crippen molar-refractivity contribution in [1.29, 1.82) is 0 Å². The van der Waals surface area contributed by atoms with E-state index in [4.69, 9.17) is 10.5 Å². The van der Waals surface area contributed by atoms with Crippen molar-refractivity contribution < 1.29 is 9.53 Å². The van der Waals surface area contributed by atoms with Crippen molar-refractivity contribution in [2.45, 2.75) is 64.0 Å². The lowest BCUT2D eigenvalue weighted by atomic mass is 9.77. The number of nitrogens with two attached hydrogens (primary N) is 1. The smallest absolute Gasteiger partial charge is 0.330 e. The number of ether oxygens (including phenoxy) is 1. The summed E-state index contributed by atoms with van der Waals surface area (Å²) in [6, 6.07) is 8.47. The number of carbonyl (C=O) groups excluding carboxylic acids is 1. The van der Waals surface area contributed by atoms with Crippen LogP contribution >= 0.6 is 0 Å². The Bertz CT molecular complexity index is 535. The van der Waals surface area contributed by atoms with E-state index >= 15 is 0 Å². The van der Waals surface area contributed by atoms with Crippen LogP contribution in [0.4, 0.5) is 0 Å². The summed E-state index contributed by atoms with van der Waals surface area (Å²) in [6.45, 7) is 5.93. The van der Waals surface area contributed by atoms with E-state index in [1.165, 1.54) is 17.2 Å². The average molecular weight is 301 g/mol. The molecule has 22 heavy (non-hydrogen) atoms. The zero-order valence-corrected chi connectivity index (χ0v) is 13.8. The molecule has 3 heteroatoms. The molecule has 120 valence electrons. The lowest BCUT2D eigenvalue weighted by Crippen LogP contribution is -2.31. The Balaban J connectivity index is 2.02. The monoisotopic (exact) mass is 301 g/mol. The Labute approximate surface area is 133 Å². The molecule has 0 aromatic heterocycles. The highest BCUT2D eigenvalue weighted by molar-refractivity contribution is 5.81. The minimum absolute atomic E-state index is 0.0537. The van der Waals surface area contributed by atoms with Gasteiger partial charge in [0, 0.05) is 11.6 Å². The summed E-state index contributed by atoms with van der Waals surface area (Å²) in [4.78, 5) is 11.5. The van der Waals surface area contributed by atoms with Gasteiger partial charge >= 0.3 is 5.97 Å². The quantitative estimate of drug-likeness (QED) is 0.675. The maximum atomic E-state index is 11.5. The molecule has 3 nitrogen and oxygen atoms in total. The predicted molar refractivity (Wildman–Crippen MR) is 89.6 cm³/mol. The Morgan fingerprint density at radius 3 is 2.45 bits per heavy atom. The van der Waals surface area contributed by atoms with Crippen molar-refractivity contribution in [3.05, 3.63) is 47.5 Å². The molecule has 0 heterocycles. The molecule has 1 fully saturated rings. The first-order chi connectivity index (χ1) is 10.4. The summed E-state index contributed by atoms with van der Waals surface area (Å²) in [5, 5.41) is 0. The van der Waals surface area contributed by atoms with Crippen LogP contribution in [0.2, 0.25) is 0 Å². The molecule has 0 bridgehead atoms. The number of hydrogen-bond donors (Lipinski definition) is 1. The zero-order valence-electron chi connectivity index (χ0n) is 13.8. The van der Waals surface area contributed by atoms with Crippen LogP contribution in [0.3, 0.4) is 0 Å². The maximum Gasteiger partial charge on any atom is 0.330 e. The van der Waals surface area contributed by atoms with Gasteiger partial charge in [0.1, 0.15) is 6.10 Å². The van der Waals surface area contributed by atoms with Gasteiger partial charge in [-0.1, -0.05) is 30.3 Å². The van der Waals surface area contributed by atoms with E-state index in [-0.39, 0.29) is 17.6 Å². The van der Waals surface area contributed by atoms with Crippen LogP contribution in [-0.2, 0) is 15.1 Å². The number of carbonyl (C=O) groups is 1. The average Bonchev–Trinajstić information content (AvgIpc) is 2.47. The second kappa shape index (κ2) is 7.10. The van der Waals surface area contributed by atoms with Crippen LogP contribution in [0, 0.1) is 0 Å². The second-order valence-corrected chi connectivity index (χ2v) is 6.72. The largest absolute Gasteiger partial charge is 0.459 e. The maximum absolute atomic E-state index is 11.5. The summed E-state index contributed by atoms with van der Waals surface area (Å²) in [5.74, 6) is 0.283. The van der Waals surface area contributed by atoms with E-state index in [0.29, 0.717) is 5.92 Å². The van der Waals surface area contributed by atoms with Gasteiger partial charge in [0.15, 0.2) is 0 Å². The molecule has 0 saturated heterocycles. The van der Waals surface area contributed by atoms with Crippen molar-refractivity contribution in [2.75, 3.05) is 0 Å². The summed E-state index contributed by atoms with van der Waals surface area (Å²) in [7, 11) is 0. The van der Waals surface area contributed by atoms with Gasteiger partial charge in [-0.15, -0.1) is 0 Å². The molecule has 2 rings (SSSR count). The van der Waals surface area contributed by atoms with Gasteiger partial charge in [0.25, 0.3) is 0 Å². The van der Waals surface area contributed by atoms with Crippen LogP contribution < -0.4 is 5.73 Å². The normalized spacial score (nSPS) is 22.7. The molecule has 1 aromatic rings. The van der Waals surface area contributed by atoms with Gasteiger partial charge in [-0.3, -0.25) is 0 Å². The summed E-state index contributed by atoms with van der Waals surface area (Å²) < 4.78 is 5.46. The molecule has 0 aliphatic heterocycles. The van der Waals surface area contributed by atoms with E-state index < -0.39 is 0 Å². The molecule has 1 aliphatic carbocycles. The second-order valence-electron chi connectivity index (χ2n) is 6.72. The first kappa shape index (κ1) is 16.8. The third kappa shape index (κ3) is 4.20. The van der Waals surface area contributed by atoms with Crippen LogP contribution in [-0.4, -0.2) is 12.1 Å². The van der Waals surface area contributed by atoms with Crippen molar-refractivity contribution >= 4 is 5.97 Å². The van der Waals surface area contributed by atoms with Crippen LogP contribution in [0.15, 0.2) is 36.4 Å². The van der Waals surface area contributed by atoms with Crippen LogP contribution in [0.5, 0.6) is 0 Å². The molecular formula is C19H27NO2. The third-order valence-corrected chi connectivity index (χ3v) is 4.35. The number of esters is 1.